The van der Waals surface area contributed by atoms with E-state index < -0.39 is 11.6 Å². The Morgan fingerprint density at radius 1 is 1.21 bits per heavy atom. The van der Waals surface area contributed by atoms with Gasteiger partial charge in [0.1, 0.15) is 5.60 Å². The van der Waals surface area contributed by atoms with Crippen LogP contribution in [0.5, 0.6) is 0 Å². The quantitative estimate of drug-likeness (QED) is 0.846. The van der Waals surface area contributed by atoms with Crippen molar-refractivity contribution >= 4 is 28.0 Å². The third-order valence-corrected chi connectivity index (χ3v) is 4.46. The molecule has 0 aliphatic carbocycles. The summed E-state index contributed by atoms with van der Waals surface area (Å²) in [6, 6.07) is 5.06. The summed E-state index contributed by atoms with van der Waals surface area (Å²) in [5, 5.41) is 9.00. The molecule has 0 saturated carbocycles. The molecule has 0 bridgehead atoms. The van der Waals surface area contributed by atoms with Crippen molar-refractivity contribution in [1.29, 1.82) is 0 Å². The maximum atomic E-state index is 12.1. The number of halogens is 1. The van der Waals surface area contributed by atoms with Crippen LogP contribution in [-0.4, -0.2) is 58.7 Å². The van der Waals surface area contributed by atoms with E-state index in [1.54, 1.807) is 17.0 Å². The van der Waals surface area contributed by atoms with Gasteiger partial charge in [0.25, 0.3) is 0 Å². The van der Waals surface area contributed by atoms with E-state index in [2.05, 4.69) is 20.8 Å². The molecule has 7 heteroatoms. The van der Waals surface area contributed by atoms with E-state index in [0.29, 0.717) is 19.6 Å². The van der Waals surface area contributed by atoms with E-state index in [1.165, 1.54) is 0 Å². The molecule has 1 aliphatic rings. The van der Waals surface area contributed by atoms with E-state index in [-0.39, 0.29) is 11.7 Å². The molecule has 0 atom stereocenters. The van der Waals surface area contributed by atoms with Crippen LogP contribution in [0.25, 0.3) is 0 Å². The zero-order valence-electron chi connectivity index (χ0n) is 14.2. The summed E-state index contributed by atoms with van der Waals surface area (Å²) in [6.45, 7) is 9.05. The number of benzene rings is 1. The zero-order chi connectivity index (χ0) is 17.9. The van der Waals surface area contributed by atoms with E-state index in [0.717, 1.165) is 23.1 Å². The van der Waals surface area contributed by atoms with Gasteiger partial charge in [0, 0.05) is 37.2 Å². The van der Waals surface area contributed by atoms with E-state index in [9.17, 15) is 9.59 Å². The highest BCUT2D eigenvalue weighted by atomic mass is 79.9. The summed E-state index contributed by atoms with van der Waals surface area (Å²) >= 11 is 3.44. The lowest BCUT2D eigenvalue weighted by molar-refractivity contribution is 0.0139. The van der Waals surface area contributed by atoms with Crippen molar-refractivity contribution in [2.75, 3.05) is 26.2 Å². The molecule has 1 N–H and O–H groups in total. The Kier molecular flexibility index (Phi) is 5.87. The lowest BCUT2D eigenvalue weighted by Crippen LogP contribution is -2.49. The third-order valence-electron chi connectivity index (χ3n) is 3.72. The predicted molar refractivity (Wildman–Crippen MR) is 94.2 cm³/mol. The van der Waals surface area contributed by atoms with Gasteiger partial charge in [-0.1, -0.05) is 22.0 Å². The first kappa shape index (κ1) is 18.7. The summed E-state index contributed by atoms with van der Waals surface area (Å²) in [5.41, 5.74) is 0.816. The number of ether oxygens (including phenoxy) is 1. The number of rotatable bonds is 3. The lowest BCUT2D eigenvalue weighted by atomic mass is 10.1. The Bertz CT molecular complexity index is 620. The molecule has 0 radical (unpaired) electrons. The van der Waals surface area contributed by atoms with Crippen LogP contribution >= 0.6 is 15.9 Å². The van der Waals surface area contributed by atoms with Crippen molar-refractivity contribution in [1.82, 2.24) is 9.80 Å². The number of amides is 1. The van der Waals surface area contributed by atoms with E-state index >= 15 is 0 Å². The molecule has 1 fully saturated rings. The van der Waals surface area contributed by atoms with Gasteiger partial charge in [-0.3, -0.25) is 4.90 Å². The minimum absolute atomic E-state index is 0.264. The third kappa shape index (κ3) is 5.21. The summed E-state index contributed by atoms with van der Waals surface area (Å²) in [5.74, 6) is -0.937. The summed E-state index contributed by atoms with van der Waals surface area (Å²) in [6.07, 6.45) is -0.269. The second-order valence-corrected chi connectivity index (χ2v) is 7.71. The second-order valence-electron chi connectivity index (χ2n) is 6.85. The van der Waals surface area contributed by atoms with Crippen LogP contribution in [0.1, 0.15) is 36.7 Å². The van der Waals surface area contributed by atoms with Gasteiger partial charge in [0.05, 0.1) is 5.56 Å². The van der Waals surface area contributed by atoms with Crippen LogP contribution in [0, 0.1) is 0 Å². The minimum atomic E-state index is -0.937. The van der Waals surface area contributed by atoms with Gasteiger partial charge < -0.3 is 14.7 Å². The number of aromatic carboxylic acids is 1. The van der Waals surface area contributed by atoms with Crippen LogP contribution in [-0.2, 0) is 11.3 Å². The van der Waals surface area contributed by atoms with Gasteiger partial charge >= 0.3 is 12.1 Å². The lowest BCUT2D eigenvalue weighted by Gasteiger charge is -2.35. The van der Waals surface area contributed by atoms with Crippen LogP contribution in [0.4, 0.5) is 4.79 Å². The fourth-order valence-corrected chi connectivity index (χ4v) is 2.97. The molecular formula is C17H23BrN2O4. The van der Waals surface area contributed by atoms with Crippen molar-refractivity contribution in [2.24, 2.45) is 0 Å². The molecule has 0 unspecified atom stereocenters. The number of carbonyl (C=O) groups excluding carboxylic acids is 1. The number of carboxylic acid groups (broad SMARTS) is 1. The molecule has 6 nitrogen and oxygen atoms in total. The molecule has 1 aromatic rings. The van der Waals surface area contributed by atoms with Gasteiger partial charge in [-0.05, 0) is 38.5 Å². The first-order valence-electron chi connectivity index (χ1n) is 7.88. The molecule has 1 heterocycles. The molecule has 1 aliphatic heterocycles. The van der Waals surface area contributed by atoms with Gasteiger partial charge in [0.2, 0.25) is 0 Å². The first-order valence-corrected chi connectivity index (χ1v) is 8.67. The van der Waals surface area contributed by atoms with Gasteiger partial charge in [-0.2, -0.15) is 0 Å². The highest BCUT2D eigenvalue weighted by Crippen LogP contribution is 2.21. The smallest absolute Gasteiger partial charge is 0.410 e. The SMILES string of the molecule is CC(C)(C)OC(=O)N1CCN(Cc2ccc(C(=O)O)cc2Br)CC1. The van der Waals surface area contributed by atoms with Crippen molar-refractivity contribution in [2.45, 2.75) is 32.9 Å². The molecule has 1 aromatic carbocycles. The highest BCUT2D eigenvalue weighted by Gasteiger charge is 2.26. The molecule has 0 aromatic heterocycles. The Morgan fingerprint density at radius 3 is 2.33 bits per heavy atom. The Morgan fingerprint density at radius 2 is 1.83 bits per heavy atom. The molecule has 1 amide bonds. The molecular weight excluding hydrogens is 376 g/mol. The van der Waals surface area contributed by atoms with Crippen LogP contribution in [0.3, 0.4) is 0 Å². The van der Waals surface area contributed by atoms with Gasteiger partial charge in [0.15, 0.2) is 0 Å². The topological polar surface area (TPSA) is 70.1 Å². The minimum Gasteiger partial charge on any atom is -0.478 e. The number of hydrogen-bond donors (Lipinski definition) is 1. The Hall–Kier alpha value is -1.60. The van der Waals surface area contributed by atoms with E-state index in [4.69, 9.17) is 9.84 Å². The number of carboxylic acids is 1. The van der Waals surface area contributed by atoms with E-state index in [1.807, 2.05) is 26.8 Å². The first-order chi connectivity index (χ1) is 11.2. The van der Waals surface area contributed by atoms with Crippen LogP contribution in [0.15, 0.2) is 22.7 Å². The monoisotopic (exact) mass is 398 g/mol. The highest BCUT2D eigenvalue weighted by molar-refractivity contribution is 9.10. The number of piperazine rings is 1. The maximum absolute atomic E-state index is 12.1. The van der Waals surface area contributed by atoms with Gasteiger partial charge in [-0.25, -0.2) is 9.59 Å². The van der Waals surface area contributed by atoms with Crippen molar-refractivity contribution < 1.29 is 19.4 Å². The molecule has 132 valence electrons. The summed E-state index contributed by atoms with van der Waals surface area (Å²) in [4.78, 5) is 27.0. The fourth-order valence-electron chi connectivity index (χ4n) is 2.46. The normalized spacial score (nSPS) is 16.1. The summed E-state index contributed by atoms with van der Waals surface area (Å²) < 4.78 is 6.18. The van der Waals surface area contributed by atoms with Crippen LogP contribution < -0.4 is 0 Å². The number of carbonyl (C=O) groups is 2. The summed E-state index contributed by atoms with van der Waals surface area (Å²) in [7, 11) is 0. The van der Waals surface area contributed by atoms with Gasteiger partial charge in [-0.15, -0.1) is 0 Å². The van der Waals surface area contributed by atoms with Crippen molar-refractivity contribution in [3.05, 3.63) is 33.8 Å². The van der Waals surface area contributed by atoms with Crippen molar-refractivity contribution in [3.63, 3.8) is 0 Å². The molecule has 0 spiro atoms. The average molecular weight is 399 g/mol. The fraction of sp³-hybridized carbons (Fsp3) is 0.529. The zero-order valence-corrected chi connectivity index (χ0v) is 15.8. The predicted octanol–water partition coefficient (Wildman–Crippen LogP) is 3.20. The Labute approximate surface area is 150 Å². The average Bonchev–Trinajstić information content (AvgIpc) is 2.48. The van der Waals surface area contributed by atoms with Crippen molar-refractivity contribution in [3.8, 4) is 0 Å². The number of hydrogen-bond acceptors (Lipinski definition) is 4. The van der Waals surface area contributed by atoms with Crippen LogP contribution in [0.2, 0.25) is 0 Å². The standard InChI is InChI=1S/C17H23BrN2O4/c1-17(2,3)24-16(23)20-8-6-19(7-9-20)11-13-5-4-12(15(21)22)10-14(13)18/h4-5,10H,6-9,11H2,1-3H3,(H,21,22). The Balaban J connectivity index is 1.89. The molecule has 24 heavy (non-hydrogen) atoms. The molecule has 1 saturated heterocycles. The maximum Gasteiger partial charge on any atom is 0.410 e. The number of nitrogens with zero attached hydrogens (tertiary/aromatic N) is 2. The molecule has 2 rings (SSSR count). The largest absolute Gasteiger partial charge is 0.478 e. The second kappa shape index (κ2) is 7.53.